The van der Waals surface area contributed by atoms with E-state index in [4.69, 9.17) is 21.0 Å². The predicted molar refractivity (Wildman–Crippen MR) is 127 cm³/mol. The number of aryl methyl sites for hydroxylation is 1. The molecule has 4 nitrogen and oxygen atoms in total. The molecular weight excluding hydrogens is 408 g/mol. The molecule has 0 fully saturated rings. The highest BCUT2D eigenvalue weighted by Gasteiger charge is 2.12. The summed E-state index contributed by atoms with van der Waals surface area (Å²) in [6.45, 7) is 3.73. The number of aromatic nitrogens is 1. The molecule has 0 radical (unpaired) electrons. The molecule has 0 bridgehead atoms. The van der Waals surface area contributed by atoms with E-state index in [9.17, 15) is 5.11 Å². The lowest BCUT2D eigenvalue weighted by Gasteiger charge is -2.08. The number of oxazole rings is 1. The number of fused-ring (bicyclic) bond motifs is 2. The van der Waals surface area contributed by atoms with Crippen LogP contribution in [0.3, 0.4) is 0 Å². The molecule has 0 saturated carbocycles. The average Bonchev–Trinajstić information content (AvgIpc) is 3.20. The molecule has 1 aromatic heterocycles. The van der Waals surface area contributed by atoms with Gasteiger partial charge in [0.1, 0.15) is 11.3 Å². The Labute approximate surface area is 184 Å². The van der Waals surface area contributed by atoms with Crippen molar-refractivity contribution in [3.63, 3.8) is 0 Å². The van der Waals surface area contributed by atoms with Gasteiger partial charge in [0.05, 0.1) is 5.69 Å². The van der Waals surface area contributed by atoms with Crippen LogP contribution in [0.25, 0.3) is 33.3 Å². The van der Waals surface area contributed by atoms with Crippen molar-refractivity contribution in [1.29, 1.82) is 0 Å². The Morgan fingerprint density at radius 1 is 1.00 bits per heavy atom. The maximum atomic E-state index is 10.3. The van der Waals surface area contributed by atoms with Gasteiger partial charge in [0.15, 0.2) is 5.58 Å². The molecule has 5 heteroatoms. The second-order valence-corrected chi connectivity index (χ2v) is 7.90. The van der Waals surface area contributed by atoms with Crippen molar-refractivity contribution in [1.82, 2.24) is 4.98 Å². The zero-order chi connectivity index (χ0) is 21.5. The highest BCUT2D eigenvalue weighted by atomic mass is 35.5. The van der Waals surface area contributed by atoms with E-state index in [0.29, 0.717) is 27.7 Å². The molecule has 5 aromatic rings. The molecule has 4 aromatic carbocycles. The Bertz CT molecular complexity index is 1480. The molecule has 0 aliphatic rings. The fourth-order valence-corrected chi connectivity index (χ4v) is 3.93. The van der Waals surface area contributed by atoms with Crippen LogP contribution in [0.5, 0.6) is 5.75 Å². The number of hydrogen-bond donors (Lipinski definition) is 1. The Hall–Kier alpha value is -3.63. The van der Waals surface area contributed by atoms with Crippen molar-refractivity contribution in [2.45, 2.75) is 13.8 Å². The van der Waals surface area contributed by atoms with Crippen LogP contribution in [0.1, 0.15) is 16.7 Å². The van der Waals surface area contributed by atoms with E-state index in [1.807, 2.05) is 56.3 Å². The summed E-state index contributed by atoms with van der Waals surface area (Å²) in [6.07, 6.45) is 1.63. The molecule has 152 valence electrons. The van der Waals surface area contributed by atoms with E-state index in [-0.39, 0.29) is 5.75 Å². The van der Waals surface area contributed by atoms with Gasteiger partial charge in [0, 0.05) is 22.4 Å². The first kappa shape index (κ1) is 19.3. The fourth-order valence-electron chi connectivity index (χ4n) is 3.78. The minimum atomic E-state index is 0.156. The van der Waals surface area contributed by atoms with Gasteiger partial charge in [0.25, 0.3) is 0 Å². The number of hydrogen-bond acceptors (Lipinski definition) is 4. The predicted octanol–water partition coefficient (Wildman–Crippen LogP) is 7.37. The third-order valence-electron chi connectivity index (χ3n) is 5.44. The number of benzene rings is 4. The van der Waals surface area contributed by atoms with Crippen LogP contribution in [0.4, 0.5) is 5.69 Å². The van der Waals surface area contributed by atoms with Gasteiger partial charge in [-0.1, -0.05) is 48.0 Å². The van der Waals surface area contributed by atoms with Crippen LogP contribution in [-0.2, 0) is 0 Å². The molecule has 1 heterocycles. The van der Waals surface area contributed by atoms with Gasteiger partial charge in [0.2, 0.25) is 5.89 Å². The molecule has 0 unspecified atom stereocenters. The van der Waals surface area contributed by atoms with E-state index in [1.165, 1.54) is 0 Å². The lowest BCUT2D eigenvalue weighted by atomic mass is 10.0. The Morgan fingerprint density at radius 3 is 2.68 bits per heavy atom. The van der Waals surface area contributed by atoms with E-state index < -0.39 is 0 Å². The topological polar surface area (TPSA) is 58.6 Å². The molecule has 0 aliphatic heterocycles. The zero-order valence-electron chi connectivity index (χ0n) is 17.1. The standard InChI is InChI=1S/C26H19ClN2O2/c1-15-12-23(30)21(16(2)25(15)27)14-28-18-10-11-24-22(13-18)29-26(31-24)20-9-5-7-17-6-3-4-8-19(17)20/h3-14,30H,1-2H3. The largest absolute Gasteiger partial charge is 0.507 e. The Balaban J connectivity index is 1.54. The third-order valence-corrected chi connectivity index (χ3v) is 6.02. The second kappa shape index (κ2) is 7.56. The lowest BCUT2D eigenvalue weighted by molar-refractivity contribution is 0.473. The number of rotatable bonds is 3. The van der Waals surface area contributed by atoms with Gasteiger partial charge in [-0.3, -0.25) is 4.99 Å². The van der Waals surface area contributed by atoms with Gasteiger partial charge >= 0.3 is 0 Å². The maximum Gasteiger partial charge on any atom is 0.227 e. The molecule has 0 aliphatic carbocycles. The summed E-state index contributed by atoms with van der Waals surface area (Å²) in [5.41, 5.74) is 5.31. The van der Waals surface area contributed by atoms with Gasteiger partial charge in [-0.25, -0.2) is 4.98 Å². The van der Waals surface area contributed by atoms with Gasteiger partial charge < -0.3 is 9.52 Å². The summed E-state index contributed by atoms with van der Waals surface area (Å²) in [4.78, 5) is 9.22. The number of phenolic OH excluding ortho intramolecular Hbond substituents is 1. The number of aromatic hydroxyl groups is 1. The fraction of sp³-hybridized carbons (Fsp3) is 0.0769. The van der Waals surface area contributed by atoms with Gasteiger partial charge in [-0.05, 0) is 66.1 Å². The summed E-state index contributed by atoms with van der Waals surface area (Å²) in [6, 6.07) is 21.5. The summed E-state index contributed by atoms with van der Waals surface area (Å²) >= 11 is 6.32. The minimum Gasteiger partial charge on any atom is -0.507 e. The Morgan fingerprint density at radius 2 is 1.81 bits per heavy atom. The second-order valence-electron chi connectivity index (χ2n) is 7.52. The van der Waals surface area contributed by atoms with Crippen LogP contribution in [0, 0.1) is 13.8 Å². The lowest BCUT2D eigenvalue weighted by Crippen LogP contribution is -1.92. The highest BCUT2D eigenvalue weighted by Crippen LogP contribution is 2.33. The van der Waals surface area contributed by atoms with Crippen molar-refractivity contribution < 1.29 is 9.52 Å². The van der Waals surface area contributed by atoms with Gasteiger partial charge in [-0.15, -0.1) is 0 Å². The number of nitrogens with zero attached hydrogens (tertiary/aromatic N) is 2. The van der Waals surface area contributed by atoms with Crippen LogP contribution in [0.2, 0.25) is 5.02 Å². The van der Waals surface area contributed by atoms with Gasteiger partial charge in [-0.2, -0.15) is 0 Å². The number of aliphatic imine (C=N–C) groups is 1. The summed E-state index contributed by atoms with van der Waals surface area (Å²) < 4.78 is 6.03. The monoisotopic (exact) mass is 426 g/mol. The van der Waals surface area contributed by atoms with Crippen LogP contribution < -0.4 is 0 Å². The van der Waals surface area contributed by atoms with Crippen molar-refractivity contribution in [2.75, 3.05) is 0 Å². The summed E-state index contributed by atoms with van der Waals surface area (Å²) in [7, 11) is 0. The molecule has 0 atom stereocenters. The maximum absolute atomic E-state index is 10.3. The van der Waals surface area contributed by atoms with E-state index in [2.05, 4.69) is 23.2 Å². The van der Waals surface area contributed by atoms with Crippen molar-refractivity contribution in [2.24, 2.45) is 4.99 Å². The van der Waals surface area contributed by atoms with Crippen LogP contribution in [-0.4, -0.2) is 16.3 Å². The summed E-state index contributed by atoms with van der Waals surface area (Å²) in [5.74, 6) is 0.732. The van der Waals surface area contributed by atoms with E-state index >= 15 is 0 Å². The molecule has 31 heavy (non-hydrogen) atoms. The van der Waals surface area contributed by atoms with Crippen LogP contribution in [0.15, 0.2) is 76.1 Å². The third kappa shape index (κ3) is 3.45. The SMILES string of the molecule is Cc1cc(O)c(C=Nc2ccc3oc(-c4cccc5ccccc45)nc3c2)c(C)c1Cl. The minimum absolute atomic E-state index is 0.156. The van der Waals surface area contributed by atoms with Crippen molar-refractivity contribution in [3.05, 3.63) is 88.4 Å². The quantitative estimate of drug-likeness (QED) is 0.306. The average molecular weight is 427 g/mol. The smallest absolute Gasteiger partial charge is 0.227 e. The van der Waals surface area contributed by atoms with Crippen molar-refractivity contribution in [3.8, 4) is 17.2 Å². The normalized spacial score (nSPS) is 11.7. The molecule has 5 rings (SSSR count). The molecule has 0 spiro atoms. The molecule has 0 saturated heterocycles. The number of halogens is 1. The summed E-state index contributed by atoms with van der Waals surface area (Å²) in [5, 5.41) is 13.1. The van der Waals surface area contributed by atoms with Crippen molar-refractivity contribution >= 4 is 45.4 Å². The first-order chi connectivity index (χ1) is 15.0. The molecule has 1 N–H and O–H groups in total. The first-order valence-corrected chi connectivity index (χ1v) is 10.3. The highest BCUT2D eigenvalue weighted by molar-refractivity contribution is 6.32. The number of phenols is 1. The molecule has 0 amide bonds. The molecular formula is C26H19ClN2O2. The zero-order valence-corrected chi connectivity index (χ0v) is 17.8. The van der Waals surface area contributed by atoms with E-state index in [1.54, 1.807) is 12.3 Å². The Kier molecular flexibility index (Phi) is 4.72. The van der Waals surface area contributed by atoms with Crippen LogP contribution >= 0.6 is 11.6 Å². The van der Waals surface area contributed by atoms with E-state index in [0.717, 1.165) is 33.0 Å². The first-order valence-electron chi connectivity index (χ1n) is 9.93.